The van der Waals surface area contributed by atoms with Gasteiger partial charge in [0.2, 0.25) is 5.91 Å². The van der Waals surface area contributed by atoms with Crippen molar-refractivity contribution >= 4 is 27.6 Å². The van der Waals surface area contributed by atoms with Crippen molar-refractivity contribution < 1.29 is 13.2 Å². The molecule has 2 aromatic rings. The van der Waals surface area contributed by atoms with E-state index in [9.17, 15) is 13.2 Å². The molecule has 0 saturated heterocycles. The molecule has 3 rings (SSSR count). The average Bonchev–Trinajstić information content (AvgIpc) is 2.81. The normalized spacial score (nSPS) is 17.8. The second-order valence-electron chi connectivity index (χ2n) is 5.47. The molecular weight excluding hydrogens is 328 g/mol. The summed E-state index contributed by atoms with van der Waals surface area (Å²) in [4.78, 5) is 20.7. The lowest BCUT2D eigenvalue weighted by Gasteiger charge is -2.09. The van der Waals surface area contributed by atoms with E-state index in [0.29, 0.717) is 11.4 Å². The maximum atomic E-state index is 12.2. The Labute approximate surface area is 139 Å². The van der Waals surface area contributed by atoms with E-state index in [2.05, 4.69) is 20.0 Å². The van der Waals surface area contributed by atoms with Gasteiger partial charge in [-0.2, -0.15) is 0 Å². The van der Waals surface area contributed by atoms with E-state index in [1.165, 1.54) is 6.07 Å². The smallest absolute Gasteiger partial charge is 0.263 e. The first-order chi connectivity index (χ1) is 11.4. The molecule has 7 nitrogen and oxygen atoms in total. The molecule has 0 unspecified atom stereocenters. The SMILES string of the molecule is Cc1ccc(NC(=O)[C@@H](C)N=C2NS(=O)(=O)c3ccccc32)nc1. The molecule has 0 aliphatic carbocycles. The summed E-state index contributed by atoms with van der Waals surface area (Å²) < 4.78 is 26.4. The van der Waals surface area contributed by atoms with Crippen molar-refractivity contribution in [3.05, 3.63) is 53.7 Å². The number of hydrogen-bond acceptors (Lipinski definition) is 5. The number of amides is 1. The number of aromatic nitrogens is 1. The Morgan fingerprint density at radius 1 is 1.25 bits per heavy atom. The number of carbonyl (C=O) groups is 1. The Kier molecular flexibility index (Phi) is 4.06. The highest BCUT2D eigenvalue weighted by Gasteiger charge is 2.31. The zero-order chi connectivity index (χ0) is 17.3. The largest absolute Gasteiger partial charge is 0.309 e. The topological polar surface area (TPSA) is 101 Å². The van der Waals surface area contributed by atoms with Gasteiger partial charge in [0.1, 0.15) is 17.7 Å². The number of carbonyl (C=O) groups excluding carboxylic acids is 1. The van der Waals surface area contributed by atoms with Crippen LogP contribution in [-0.4, -0.2) is 31.2 Å². The van der Waals surface area contributed by atoms with Gasteiger partial charge in [0.15, 0.2) is 0 Å². The lowest BCUT2D eigenvalue weighted by Crippen LogP contribution is -2.29. The van der Waals surface area contributed by atoms with E-state index >= 15 is 0 Å². The number of pyridine rings is 1. The molecule has 1 atom stereocenters. The number of rotatable bonds is 3. The Balaban J connectivity index is 1.81. The standard InChI is InChI=1S/C16H16N4O3S/c1-10-7-8-14(17-9-10)19-16(21)11(2)18-15-12-5-3-4-6-13(12)24(22,23)20-15/h3-9,11H,1-2H3,(H,18,20)(H,17,19,21)/t11-/m1/s1. The maximum absolute atomic E-state index is 12.2. The molecule has 0 bridgehead atoms. The summed E-state index contributed by atoms with van der Waals surface area (Å²) in [6, 6.07) is 9.26. The van der Waals surface area contributed by atoms with Crippen LogP contribution in [0, 0.1) is 6.92 Å². The van der Waals surface area contributed by atoms with Crippen LogP contribution in [0.4, 0.5) is 5.82 Å². The van der Waals surface area contributed by atoms with E-state index in [-0.39, 0.29) is 16.6 Å². The van der Waals surface area contributed by atoms with Crippen LogP contribution in [-0.2, 0) is 14.8 Å². The van der Waals surface area contributed by atoms with Gasteiger partial charge >= 0.3 is 0 Å². The van der Waals surface area contributed by atoms with Crippen molar-refractivity contribution in [2.45, 2.75) is 24.8 Å². The van der Waals surface area contributed by atoms with Crippen LogP contribution in [0.1, 0.15) is 18.1 Å². The minimum atomic E-state index is -3.61. The van der Waals surface area contributed by atoms with Gasteiger partial charge in [-0.25, -0.2) is 13.4 Å². The van der Waals surface area contributed by atoms with E-state index in [0.717, 1.165) is 5.56 Å². The molecule has 8 heteroatoms. The van der Waals surface area contributed by atoms with Gasteiger partial charge in [-0.05, 0) is 37.6 Å². The monoisotopic (exact) mass is 344 g/mol. The van der Waals surface area contributed by atoms with Crippen LogP contribution in [0.15, 0.2) is 52.5 Å². The lowest BCUT2D eigenvalue weighted by atomic mass is 10.2. The van der Waals surface area contributed by atoms with Crippen LogP contribution < -0.4 is 10.0 Å². The minimum absolute atomic E-state index is 0.163. The fraction of sp³-hybridized carbons (Fsp3) is 0.188. The Hall–Kier alpha value is -2.74. The number of nitrogens with zero attached hydrogens (tertiary/aromatic N) is 2. The molecule has 0 fully saturated rings. The second-order valence-corrected chi connectivity index (χ2v) is 7.12. The average molecular weight is 344 g/mol. The summed E-state index contributed by atoms with van der Waals surface area (Å²) in [6.45, 7) is 3.49. The van der Waals surface area contributed by atoms with E-state index in [1.54, 1.807) is 37.4 Å². The highest BCUT2D eigenvalue weighted by molar-refractivity contribution is 7.90. The quantitative estimate of drug-likeness (QED) is 0.880. The highest BCUT2D eigenvalue weighted by atomic mass is 32.2. The summed E-state index contributed by atoms with van der Waals surface area (Å²) in [5.41, 5.74) is 1.45. The number of benzene rings is 1. The molecule has 2 N–H and O–H groups in total. The fourth-order valence-electron chi connectivity index (χ4n) is 2.25. The molecular formula is C16H16N4O3S. The highest BCUT2D eigenvalue weighted by Crippen LogP contribution is 2.22. The van der Waals surface area contributed by atoms with Crippen LogP contribution in [0.5, 0.6) is 0 Å². The number of hydrogen-bond donors (Lipinski definition) is 2. The fourth-order valence-corrected chi connectivity index (χ4v) is 3.49. The number of anilines is 1. The van der Waals surface area contributed by atoms with Gasteiger partial charge in [0.25, 0.3) is 10.0 Å². The van der Waals surface area contributed by atoms with Crippen LogP contribution >= 0.6 is 0 Å². The molecule has 1 amide bonds. The first-order valence-corrected chi connectivity index (χ1v) is 8.79. The predicted molar refractivity (Wildman–Crippen MR) is 90.4 cm³/mol. The molecule has 2 heterocycles. The van der Waals surface area contributed by atoms with Crippen LogP contribution in [0.3, 0.4) is 0 Å². The Bertz CT molecular complexity index is 921. The third-order valence-corrected chi connectivity index (χ3v) is 4.92. The van der Waals surface area contributed by atoms with Gasteiger partial charge in [0, 0.05) is 11.8 Å². The van der Waals surface area contributed by atoms with Crippen molar-refractivity contribution in [2.24, 2.45) is 4.99 Å². The summed E-state index contributed by atoms with van der Waals surface area (Å²) in [5, 5.41) is 2.65. The minimum Gasteiger partial charge on any atom is -0.309 e. The summed E-state index contributed by atoms with van der Waals surface area (Å²) >= 11 is 0. The molecule has 24 heavy (non-hydrogen) atoms. The third-order valence-electron chi connectivity index (χ3n) is 3.53. The van der Waals surface area contributed by atoms with Crippen molar-refractivity contribution in [1.29, 1.82) is 0 Å². The zero-order valence-corrected chi connectivity index (χ0v) is 14.0. The Morgan fingerprint density at radius 3 is 2.71 bits per heavy atom. The van der Waals surface area contributed by atoms with Gasteiger partial charge in [-0.1, -0.05) is 18.2 Å². The number of fused-ring (bicyclic) bond motifs is 1. The molecule has 1 aromatic heterocycles. The summed E-state index contributed by atoms with van der Waals surface area (Å²) in [7, 11) is -3.61. The van der Waals surface area contributed by atoms with Gasteiger partial charge in [-0.15, -0.1) is 0 Å². The number of nitrogens with one attached hydrogen (secondary N) is 2. The van der Waals surface area contributed by atoms with E-state index < -0.39 is 16.1 Å². The van der Waals surface area contributed by atoms with Crippen LogP contribution in [0.2, 0.25) is 0 Å². The van der Waals surface area contributed by atoms with Gasteiger partial charge < -0.3 is 5.32 Å². The van der Waals surface area contributed by atoms with Gasteiger partial charge in [0.05, 0.1) is 4.90 Å². The van der Waals surface area contributed by atoms with Crippen molar-refractivity contribution in [2.75, 3.05) is 5.32 Å². The molecule has 0 saturated carbocycles. The van der Waals surface area contributed by atoms with E-state index in [4.69, 9.17) is 0 Å². The Morgan fingerprint density at radius 2 is 2.00 bits per heavy atom. The number of aryl methyl sites for hydroxylation is 1. The maximum Gasteiger partial charge on any atom is 0.263 e. The number of aliphatic imine (C=N–C) groups is 1. The summed E-state index contributed by atoms with van der Waals surface area (Å²) in [5.74, 6) is 0.220. The molecule has 1 aliphatic heterocycles. The summed E-state index contributed by atoms with van der Waals surface area (Å²) in [6.07, 6.45) is 1.65. The molecule has 0 spiro atoms. The van der Waals surface area contributed by atoms with Crippen LogP contribution in [0.25, 0.3) is 0 Å². The molecule has 1 aliphatic rings. The second kappa shape index (κ2) is 6.04. The van der Waals surface area contributed by atoms with E-state index in [1.807, 2.05) is 13.0 Å². The van der Waals surface area contributed by atoms with Crippen molar-refractivity contribution in [1.82, 2.24) is 9.71 Å². The number of sulfonamides is 1. The predicted octanol–water partition coefficient (Wildman–Crippen LogP) is 1.46. The first-order valence-electron chi connectivity index (χ1n) is 7.30. The van der Waals surface area contributed by atoms with Gasteiger partial charge in [-0.3, -0.25) is 14.5 Å². The first kappa shape index (κ1) is 16.1. The van der Waals surface area contributed by atoms with Crippen molar-refractivity contribution in [3.8, 4) is 0 Å². The molecule has 124 valence electrons. The molecule has 0 radical (unpaired) electrons. The zero-order valence-electron chi connectivity index (χ0n) is 13.1. The third kappa shape index (κ3) is 3.13. The number of amidine groups is 1. The lowest BCUT2D eigenvalue weighted by molar-refractivity contribution is -0.117. The van der Waals surface area contributed by atoms with Crippen molar-refractivity contribution in [3.63, 3.8) is 0 Å². The molecule has 1 aromatic carbocycles.